The molecule has 6 heteroatoms. The van der Waals surface area contributed by atoms with Crippen molar-refractivity contribution in [2.24, 2.45) is 0 Å². The van der Waals surface area contributed by atoms with E-state index in [2.05, 4.69) is 167 Å². The van der Waals surface area contributed by atoms with Crippen molar-refractivity contribution in [2.45, 2.75) is 200 Å². The zero-order valence-corrected chi connectivity index (χ0v) is 43.0. The lowest BCUT2D eigenvalue weighted by Gasteiger charge is -2.18. The molecule has 0 bridgehead atoms. The van der Waals surface area contributed by atoms with E-state index in [1.165, 1.54) is 19.3 Å². The Morgan fingerprint density at radius 1 is 0.309 bits per heavy atom. The van der Waals surface area contributed by atoms with Gasteiger partial charge in [0.2, 0.25) is 0 Å². The number of rotatable bonds is 45. The van der Waals surface area contributed by atoms with Crippen LogP contribution in [0.1, 0.15) is 194 Å². The van der Waals surface area contributed by atoms with E-state index in [4.69, 9.17) is 14.2 Å². The molecule has 0 aromatic carbocycles. The predicted molar refractivity (Wildman–Crippen MR) is 292 cm³/mol. The summed E-state index contributed by atoms with van der Waals surface area (Å²) in [7, 11) is 0. The van der Waals surface area contributed by atoms with Crippen LogP contribution in [0.25, 0.3) is 0 Å². The highest BCUT2D eigenvalue weighted by molar-refractivity contribution is 5.71. The number of hydrogen-bond acceptors (Lipinski definition) is 6. The first kappa shape index (κ1) is 63.0. The highest BCUT2D eigenvalue weighted by Crippen LogP contribution is 2.10. The molecule has 0 aromatic rings. The molecule has 0 saturated heterocycles. The van der Waals surface area contributed by atoms with E-state index in [9.17, 15) is 14.4 Å². The number of ether oxygens (including phenoxy) is 3. The van der Waals surface area contributed by atoms with E-state index in [0.717, 1.165) is 128 Å². The Labute approximate surface area is 416 Å². The molecule has 0 spiro atoms. The Hall–Kier alpha value is -4.97. The van der Waals surface area contributed by atoms with Crippen molar-refractivity contribution in [3.05, 3.63) is 158 Å². The summed E-state index contributed by atoms with van der Waals surface area (Å²) in [5.41, 5.74) is 0. The molecule has 6 nitrogen and oxygen atoms in total. The van der Waals surface area contributed by atoms with Gasteiger partial charge in [-0.1, -0.05) is 217 Å². The van der Waals surface area contributed by atoms with Crippen LogP contribution in [0.15, 0.2) is 158 Å². The zero-order valence-electron chi connectivity index (χ0n) is 43.0. The Morgan fingerprint density at radius 2 is 0.603 bits per heavy atom. The molecule has 0 aliphatic rings. The van der Waals surface area contributed by atoms with Gasteiger partial charge in [-0.2, -0.15) is 0 Å². The second-order valence-electron chi connectivity index (χ2n) is 16.7. The second kappa shape index (κ2) is 54.6. The van der Waals surface area contributed by atoms with Gasteiger partial charge in [-0.05, 0) is 116 Å². The van der Waals surface area contributed by atoms with Gasteiger partial charge in [-0.25, -0.2) is 0 Å². The summed E-state index contributed by atoms with van der Waals surface area (Å²) in [6.45, 7) is 6.22. The van der Waals surface area contributed by atoms with Crippen molar-refractivity contribution >= 4 is 17.9 Å². The minimum Gasteiger partial charge on any atom is -0.462 e. The van der Waals surface area contributed by atoms with Gasteiger partial charge in [0.1, 0.15) is 13.2 Å². The van der Waals surface area contributed by atoms with Gasteiger partial charge in [0.25, 0.3) is 0 Å². The lowest BCUT2D eigenvalue weighted by Crippen LogP contribution is -2.30. The van der Waals surface area contributed by atoms with Crippen molar-refractivity contribution < 1.29 is 28.6 Å². The zero-order chi connectivity index (χ0) is 49.3. The van der Waals surface area contributed by atoms with Crippen LogP contribution in [0.2, 0.25) is 0 Å². The Bertz CT molecular complexity index is 1590. The number of carbonyl (C=O) groups is 3. The molecular formula is C62H94O6. The van der Waals surface area contributed by atoms with Crippen molar-refractivity contribution in [2.75, 3.05) is 13.2 Å². The highest BCUT2D eigenvalue weighted by Gasteiger charge is 2.19. The fraction of sp³-hybridized carbons (Fsp3) is 0.532. The van der Waals surface area contributed by atoms with E-state index in [0.29, 0.717) is 19.3 Å². The summed E-state index contributed by atoms with van der Waals surface area (Å²) in [6.07, 6.45) is 79.8. The largest absolute Gasteiger partial charge is 0.462 e. The van der Waals surface area contributed by atoms with E-state index in [1.807, 2.05) is 12.2 Å². The predicted octanol–water partition coefficient (Wildman–Crippen LogP) is 17.8. The number of carbonyl (C=O) groups excluding carboxylic acids is 3. The van der Waals surface area contributed by atoms with Crippen LogP contribution in [0.3, 0.4) is 0 Å². The van der Waals surface area contributed by atoms with Gasteiger partial charge < -0.3 is 14.2 Å². The summed E-state index contributed by atoms with van der Waals surface area (Å²) < 4.78 is 16.6. The summed E-state index contributed by atoms with van der Waals surface area (Å²) in [6, 6.07) is 0. The highest BCUT2D eigenvalue weighted by atomic mass is 16.6. The molecule has 1 unspecified atom stereocenters. The molecule has 0 aliphatic carbocycles. The molecular weight excluding hydrogens is 841 g/mol. The fourth-order valence-corrected chi connectivity index (χ4v) is 6.39. The Kier molecular flexibility index (Phi) is 50.6. The summed E-state index contributed by atoms with van der Waals surface area (Å²) >= 11 is 0. The number of esters is 3. The second-order valence-corrected chi connectivity index (χ2v) is 16.7. The third kappa shape index (κ3) is 52.0. The van der Waals surface area contributed by atoms with Crippen LogP contribution in [0.5, 0.6) is 0 Å². The fourth-order valence-electron chi connectivity index (χ4n) is 6.39. The van der Waals surface area contributed by atoms with Gasteiger partial charge in [-0.3, -0.25) is 14.4 Å². The Balaban J connectivity index is 4.41. The Morgan fingerprint density at radius 3 is 0.956 bits per heavy atom. The molecule has 0 N–H and O–H groups in total. The average molecular weight is 935 g/mol. The number of unbranched alkanes of at least 4 members (excludes halogenated alkanes) is 8. The van der Waals surface area contributed by atoms with Gasteiger partial charge in [0, 0.05) is 19.3 Å². The van der Waals surface area contributed by atoms with Crippen LogP contribution in [-0.2, 0) is 28.6 Å². The van der Waals surface area contributed by atoms with Gasteiger partial charge in [0.15, 0.2) is 6.10 Å². The van der Waals surface area contributed by atoms with Crippen molar-refractivity contribution in [3.63, 3.8) is 0 Å². The first-order chi connectivity index (χ1) is 33.5. The minimum absolute atomic E-state index is 0.126. The molecule has 0 aromatic heterocycles. The van der Waals surface area contributed by atoms with Crippen LogP contribution < -0.4 is 0 Å². The van der Waals surface area contributed by atoms with Gasteiger partial charge >= 0.3 is 17.9 Å². The molecule has 0 fully saturated rings. The van der Waals surface area contributed by atoms with Gasteiger partial charge in [-0.15, -0.1) is 0 Å². The van der Waals surface area contributed by atoms with E-state index in [1.54, 1.807) is 0 Å². The van der Waals surface area contributed by atoms with E-state index in [-0.39, 0.29) is 31.6 Å². The molecule has 0 aliphatic heterocycles. The molecule has 0 heterocycles. The first-order valence-electron chi connectivity index (χ1n) is 26.5. The first-order valence-corrected chi connectivity index (χ1v) is 26.5. The summed E-state index contributed by atoms with van der Waals surface area (Å²) in [5.74, 6) is -1.07. The standard InChI is InChI=1S/C62H94O6/c1-4-7-10-13-16-18-20-22-24-26-28-29-30-31-32-33-35-36-38-40-42-44-46-49-52-55-61(64)67-58-59(57-66-60(63)54-51-48-15-12-9-6-3)68-62(65)56-53-50-47-45-43-41-39-37-34-27-25-23-21-19-17-14-11-8-5-2/h7-8,10-11,16-19,22-25,28-29,31-32,34-37,40-43,47,50,59H,4-6,9,12-15,20-21,26-27,30,33,38-39,44-46,48-49,51-58H2,1-3H3/b10-7-,11-8-,18-16-,19-17-,24-22-,25-23-,29-28-,32-31-,36-35-,37-34-,42-40-,43-41-,50-47-. The molecule has 68 heavy (non-hydrogen) atoms. The molecule has 1 atom stereocenters. The lowest BCUT2D eigenvalue weighted by atomic mass is 10.1. The molecule has 378 valence electrons. The number of hydrogen-bond donors (Lipinski definition) is 0. The van der Waals surface area contributed by atoms with E-state index < -0.39 is 12.1 Å². The maximum absolute atomic E-state index is 12.7. The minimum atomic E-state index is -0.837. The SMILES string of the molecule is CC/C=C\C/C=C\C/C=C\C/C=C\C/C=C\C/C=C\C/C=C\CCCCCC(=O)OCC(COC(=O)CCCCCCCC)OC(=O)CC/C=C\C/C=C\C/C=C\C/C=C\C/C=C\C/C=C\CC. The summed E-state index contributed by atoms with van der Waals surface area (Å²) in [5, 5.41) is 0. The molecule has 0 amide bonds. The van der Waals surface area contributed by atoms with Crippen LogP contribution in [-0.4, -0.2) is 37.2 Å². The van der Waals surface area contributed by atoms with Crippen molar-refractivity contribution in [1.29, 1.82) is 0 Å². The molecule has 0 rings (SSSR count). The van der Waals surface area contributed by atoms with Crippen LogP contribution in [0, 0.1) is 0 Å². The number of allylic oxidation sites excluding steroid dienone is 26. The quantitative estimate of drug-likeness (QED) is 0.0262. The molecule has 0 saturated carbocycles. The monoisotopic (exact) mass is 935 g/mol. The van der Waals surface area contributed by atoms with Crippen molar-refractivity contribution in [1.82, 2.24) is 0 Å². The maximum Gasteiger partial charge on any atom is 0.306 e. The smallest absolute Gasteiger partial charge is 0.306 e. The van der Waals surface area contributed by atoms with Crippen LogP contribution in [0.4, 0.5) is 0 Å². The van der Waals surface area contributed by atoms with Crippen LogP contribution >= 0.6 is 0 Å². The topological polar surface area (TPSA) is 78.9 Å². The third-order valence-corrected chi connectivity index (χ3v) is 10.3. The lowest BCUT2D eigenvalue weighted by molar-refractivity contribution is -0.166. The molecule has 0 radical (unpaired) electrons. The third-order valence-electron chi connectivity index (χ3n) is 10.3. The normalized spacial score (nSPS) is 13.4. The average Bonchev–Trinajstić information content (AvgIpc) is 3.34. The van der Waals surface area contributed by atoms with E-state index >= 15 is 0 Å². The maximum atomic E-state index is 12.7. The van der Waals surface area contributed by atoms with Crippen molar-refractivity contribution in [3.8, 4) is 0 Å². The van der Waals surface area contributed by atoms with Gasteiger partial charge in [0.05, 0.1) is 0 Å². The summed E-state index contributed by atoms with van der Waals surface area (Å²) in [4.78, 5) is 37.8.